The Balaban J connectivity index is 2.94. The average Bonchev–Trinajstić information content (AvgIpc) is 2.39. The van der Waals surface area contributed by atoms with E-state index in [0.29, 0.717) is 18.5 Å². The molecule has 1 aromatic rings. The Labute approximate surface area is 103 Å². The maximum absolute atomic E-state index is 9.18. The zero-order chi connectivity index (χ0) is 12.7. The Kier molecular flexibility index (Phi) is 5.77. The minimum Gasteiger partial charge on any atom is -0.481 e. The summed E-state index contributed by atoms with van der Waals surface area (Å²) in [6, 6.07) is 4.30. The highest BCUT2D eigenvalue weighted by molar-refractivity contribution is 5.49. The fourth-order valence-corrected chi connectivity index (χ4v) is 2.05. The molecule has 1 heterocycles. The monoisotopic (exact) mass is 238 g/mol. The van der Waals surface area contributed by atoms with Gasteiger partial charge in [-0.2, -0.15) is 0 Å². The largest absolute Gasteiger partial charge is 0.481 e. The molecule has 0 radical (unpaired) electrons. The molecule has 0 saturated carbocycles. The third-order valence-electron chi connectivity index (χ3n) is 2.98. The Bertz CT molecular complexity index is 327. The quantitative estimate of drug-likeness (QED) is 0.790. The van der Waals surface area contributed by atoms with Gasteiger partial charge in [0.15, 0.2) is 0 Å². The number of rotatable bonds is 7. The van der Waals surface area contributed by atoms with Crippen molar-refractivity contribution in [3.05, 3.63) is 18.3 Å². The molecule has 0 spiro atoms. The second-order valence-corrected chi connectivity index (χ2v) is 3.94. The summed E-state index contributed by atoms with van der Waals surface area (Å²) in [5.74, 6) is 0.608. The van der Waals surface area contributed by atoms with Crippen LogP contribution in [-0.4, -0.2) is 36.4 Å². The Morgan fingerprint density at radius 3 is 2.65 bits per heavy atom. The van der Waals surface area contributed by atoms with E-state index in [0.717, 1.165) is 18.5 Å². The smallest absolute Gasteiger partial charge is 0.214 e. The number of methoxy groups -OCH3 is 1. The highest BCUT2D eigenvalue weighted by Crippen LogP contribution is 2.22. The van der Waals surface area contributed by atoms with Crippen LogP contribution < -0.4 is 9.64 Å². The van der Waals surface area contributed by atoms with Gasteiger partial charge in [0.25, 0.3) is 0 Å². The first-order valence-corrected chi connectivity index (χ1v) is 6.14. The van der Waals surface area contributed by atoms with Crippen LogP contribution in [0.4, 0.5) is 5.69 Å². The molecular formula is C13H22N2O2. The van der Waals surface area contributed by atoms with Gasteiger partial charge in [0.1, 0.15) is 0 Å². The van der Waals surface area contributed by atoms with Crippen LogP contribution in [0.5, 0.6) is 5.88 Å². The molecule has 0 aliphatic heterocycles. The summed E-state index contributed by atoms with van der Waals surface area (Å²) in [4.78, 5) is 6.31. The van der Waals surface area contributed by atoms with Gasteiger partial charge in [-0.15, -0.1) is 0 Å². The third kappa shape index (κ3) is 3.60. The third-order valence-corrected chi connectivity index (χ3v) is 2.98. The van der Waals surface area contributed by atoms with Crippen molar-refractivity contribution in [2.45, 2.75) is 32.7 Å². The van der Waals surface area contributed by atoms with Crippen molar-refractivity contribution in [1.29, 1.82) is 0 Å². The summed E-state index contributed by atoms with van der Waals surface area (Å²) in [7, 11) is 1.61. The number of hydrogen-bond acceptors (Lipinski definition) is 4. The van der Waals surface area contributed by atoms with Crippen LogP contribution in [0.1, 0.15) is 26.7 Å². The Morgan fingerprint density at radius 1 is 1.41 bits per heavy atom. The average molecular weight is 238 g/mol. The van der Waals surface area contributed by atoms with Gasteiger partial charge >= 0.3 is 0 Å². The molecule has 0 unspecified atom stereocenters. The molecule has 0 saturated heterocycles. The van der Waals surface area contributed by atoms with E-state index >= 15 is 0 Å². The summed E-state index contributed by atoms with van der Waals surface area (Å²) in [5, 5.41) is 9.18. The molecule has 1 aromatic heterocycles. The van der Waals surface area contributed by atoms with Gasteiger partial charge in [-0.1, -0.05) is 13.8 Å². The van der Waals surface area contributed by atoms with Gasteiger partial charge in [0.05, 0.1) is 13.7 Å². The van der Waals surface area contributed by atoms with Gasteiger partial charge in [-0.25, -0.2) is 4.98 Å². The maximum Gasteiger partial charge on any atom is 0.214 e. The van der Waals surface area contributed by atoms with Gasteiger partial charge in [-0.3, -0.25) is 0 Å². The molecule has 0 fully saturated rings. The van der Waals surface area contributed by atoms with Crippen LogP contribution in [-0.2, 0) is 0 Å². The number of ether oxygens (including phenoxy) is 1. The first-order chi connectivity index (χ1) is 8.26. The molecule has 4 nitrogen and oxygen atoms in total. The number of aliphatic hydroxyl groups excluding tert-OH is 1. The molecule has 17 heavy (non-hydrogen) atoms. The van der Waals surface area contributed by atoms with Crippen molar-refractivity contribution in [2.75, 3.05) is 25.2 Å². The van der Waals surface area contributed by atoms with Crippen molar-refractivity contribution in [3.63, 3.8) is 0 Å². The van der Waals surface area contributed by atoms with E-state index in [1.807, 2.05) is 12.1 Å². The normalized spacial score (nSPS) is 10.6. The number of anilines is 1. The second kappa shape index (κ2) is 7.12. The van der Waals surface area contributed by atoms with Crippen molar-refractivity contribution >= 4 is 5.69 Å². The minimum atomic E-state index is 0.154. The summed E-state index contributed by atoms with van der Waals surface area (Å²) in [5.41, 5.74) is 1.06. The van der Waals surface area contributed by atoms with Crippen molar-refractivity contribution in [3.8, 4) is 5.88 Å². The molecule has 0 bridgehead atoms. The molecule has 0 aliphatic carbocycles. The van der Waals surface area contributed by atoms with E-state index < -0.39 is 0 Å². The van der Waals surface area contributed by atoms with Gasteiger partial charge in [0, 0.05) is 30.5 Å². The van der Waals surface area contributed by atoms with Crippen LogP contribution in [0, 0.1) is 0 Å². The topological polar surface area (TPSA) is 45.6 Å². The van der Waals surface area contributed by atoms with Crippen LogP contribution in [0.25, 0.3) is 0 Å². The summed E-state index contributed by atoms with van der Waals surface area (Å²) in [6.07, 6.45) is 3.85. The standard InChI is InChI=1S/C13H22N2O2/c1-4-11(5-2)15(8-9-16)12-6-7-14-13(10-12)17-3/h6-7,10-11,16H,4-5,8-9H2,1-3H3. The van der Waals surface area contributed by atoms with Crippen molar-refractivity contribution in [2.24, 2.45) is 0 Å². The zero-order valence-corrected chi connectivity index (χ0v) is 10.9. The van der Waals surface area contributed by atoms with Crippen LogP contribution >= 0.6 is 0 Å². The fraction of sp³-hybridized carbons (Fsp3) is 0.615. The van der Waals surface area contributed by atoms with Crippen molar-refractivity contribution in [1.82, 2.24) is 4.98 Å². The molecule has 1 N–H and O–H groups in total. The first kappa shape index (κ1) is 13.8. The molecule has 96 valence electrons. The van der Waals surface area contributed by atoms with E-state index in [-0.39, 0.29) is 6.61 Å². The fourth-order valence-electron chi connectivity index (χ4n) is 2.05. The summed E-state index contributed by atoms with van der Waals surface area (Å²) >= 11 is 0. The lowest BCUT2D eigenvalue weighted by atomic mass is 10.1. The number of hydrogen-bond donors (Lipinski definition) is 1. The van der Waals surface area contributed by atoms with Crippen LogP contribution in [0.3, 0.4) is 0 Å². The molecular weight excluding hydrogens is 216 g/mol. The predicted molar refractivity (Wildman–Crippen MR) is 69.6 cm³/mol. The summed E-state index contributed by atoms with van der Waals surface area (Å²) in [6.45, 7) is 5.12. The van der Waals surface area contributed by atoms with Crippen LogP contribution in [0.2, 0.25) is 0 Å². The van der Waals surface area contributed by atoms with E-state index in [9.17, 15) is 5.11 Å². The van der Waals surface area contributed by atoms with Crippen LogP contribution in [0.15, 0.2) is 18.3 Å². The van der Waals surface area contributed by atoms with Gasteiger partial charge in [0.2, 0.25) is 5.88 Å². The maximum atomic E-state index is 9.18. The summed E-state index contributed by atoms with van der Waals surface area (Å²) < 4.78 is 5.13. The van der Waals surface area contributed by atoms with Gasteiger partial charge in [-0.05, 0) is 18.9 Å². The molecule has 0 aromatic carbocycles. The molecule has 0 aliphatic rings. The lowest BCUT2D eigenvalue weighted by Crippen LogP contribution is -2.36. The predicted octanol–water partition coefficient (Wildman–Crippen LogP) is 2.08. The first-order valence-electron chi connectivity index (χ1n) is 6.14. The number of aromatic nitrogens is 1. The highest BCUT2D eigenvalue weighted by atomic mass is 16.5. The van der Waals surface area contributed by atoms with Crippen molar-refractivity contribution < 1.29 is 9.84 Å². The van der Waals surface area contributed by atoms with Gasteiger partial charge < -0.3 is 14.7 Å². The molecule has 4 heteroatoms. The van der Waals surface area contributed by atoms with E-state index in [1.165, 1.54) is 0 Å². The molecule has 0 amide bonds. The Morgan fingerprint density at radius 2 is 2.12 bits per heavy atom. The minimum absolute atomic E-state index is 0.154. The highest BCUT2D eigenvalue weighted by Gasteiger charge is 2.15. The molecule has 1 rings (SSSR count). The second-order valence-electron chi connectivity index (χ2n) is 3.94. The SMILES string of the molecule is CCC(CC)N(CCO)c1ccnc(OC)c1. The number of aliphatic hydroxyl groups is 1. The van der Waals surface area contributed by atoms with E-state index in [1.54, 1.807) is 13.3 Å². The molecule has 0 atom stereocenters. The lowest BCUT2D eigenvalue weighted by molar-refractivity contribution is 0.296. The number of nitrogens with zero attached hydrogens (tertiary/aromatic N) is 2. The van der Waals surface area contributed by atoms with E-state index in [2.05, 4.69) is 23.7 Å². The Hall–Kier alpha value is -1.29. The zero-order valence-electron chi connectivity index (χ0n) is 10.9. The number of pyridine rings is 1. The van der Waals surface area contributed by atoms with E-state index in [4.69, 9.17) is 4.74 Å². The lowest BCUT2D eigenvalue weighted by Gasteiger charge is -2.32.